The van der Waals surface area contributed by atoms with Crippen molar-refractivity contribution < 1.29 is 21.6 Å². The van der Waals surface area contributed by atoms with E-state index in [9.17, 15) is 21.6 Å². The molecule has 0 aromatic carbocycles. The molecule has 3 aromatic rings. The van der Waals surface area contributed by atoms with Crippen LogP contribution >= 0.6 is 0 Å². The molecule has 0 saturated carbocycles. The molecule has 0 bridgehead atoms. The van der Waals surface area contributed by atoms with Crippen LogP contribution in [0.5, 0.6) is 0 Å². The number of fused-ring (bicyclic) bond motifs is 3. The maximum atomic E-state index is 12.5. The van der Waals surface area contributed by atoms with Crippen LogP contribution in [0.2, 0.25) is 0 Å². The molecule has 0 atom stereocenters. The number of sulfonamides is 1. The second-order valence-electron chi connectivity index (χ2n) is 8.07. The van der Waals surface area contributed by atoms with Crippen molar-refractivity contribution in [3.8, 4) is 0 Å². The lowest BCUT2D eigenvalue weighted by Crippen LogP contribution is -2.73. The molecular formula is C18H21F3N6O2S. The van der Waals surface area contributed by atoms with Crippen molar-refractivity contribution in [1.29, 1.82) is 0 Å². The van der Waals surface area contributed by atoms with Crippen LogP contribution in [0.1, 0.15) is 25.7 Å². The Balaban J connectivity index is 1.45. The first-order chi connectivity index (χ1) is 14.2. The number of anilines is 1. The van der Waals surface area contributed by atoms with Crippen molar-refractivity contribution in [2.45, 2.75) is 37.4 Å². The van der Waals surface area contributed by atoms with E-state index in [4.69, 9.17) is 0 Å². The predicted molar refractivity (Wildman–Crippen MR) is 105 cm³/mol. The van der Waals surface area contributed by atoms with Crippen molar-refractivity contribution in [1.82, 2.24) is 23.7 Å². The molecule has 0 amide bonds. The van der Waals surface area contributed by atoms with Crippen LogP contribution in [0.15, 0.2) is 24.7 Å². The summed E-state index contributed by atoms with van der Waals surface area (Å²) in [4.78, 5) is 14.2. The van der Waals surface area contributed by atoms with Gasteiger partial charge in [-0.05, 0) is 25.3 Å². The molecule has 162 valence electrons. The molecule has 5 heterocycles. The number of hydrogen-bond acceptors (Lipinski definition) is 5. The number of piperidine rings is 1. The van der Waals surface area contributed by atoms with Crippen LogP contribution in [-0.4, -0.2) is 69.2 Å². The predicted octanol–water partition coefficient (Wildman–Crippen LogP) is 2.54. The largest absolute Gasteiger partial charge is 0.390 e. The lowest BCUT2D eigenvalue weighted by molar-refractivity contribution is -0.130. The van der Waals surface area contributed by atoms with E-state index in [1.807, 2.05) is 10.5 Å². The van der Waals surface area contributed by atoms with Crippen LogP contribution in [0, 0.1) is 0 Å². The summed E-state index contributed by atoms with van der Waals surface area (Å²) in [5.41, 5.74) is 1.97. The first-order valence-electron chi connectivity index (χ1n) is 9.80. The fraction of sp³-hybridized carbons (Fsp3) is 0.556. The Kier molecular flexibility index (Phi) is 4.30. The third-order valence-corrected chi connectivity index (χ3v) is 7.87. The summed E-state index contributed by atoms with van der Waals surface area (Å²) in [6.45, 7) is 1.08. The summed E-state index contributed by atoms with van der Waals surface area (Å²) in [6, 6.07) is 1.91. The first kappa shape index (κ1) is 19.6. The third-order valence-electron chi connectivity index (χ3n) is 6.11. The SMILES string of the molecule is O=S(=O)(CCC(F)(F)F)N1CC2(CCCCN2c2ncc3cnc4[nH]ccc4n23)C1. The number of aromatic nitrogens is 4. The minimum atomic E-state index is -4.49. The molecule has 12 heteroatoms. The Morgan fingerprint density at radius 3 is 2.70 bits per heavy atom. The van der Waals surface area contributed by atoms with Gasteiger partial charge in [-0.2, -0.15) is 17.5 Å². The van der Waals surface area contributed by atoms with Crippen molar-refractivity contribution in [3.05, 3.63) is 24.7 Å². The van der Waals surface area contributed by atoms with E-state index in [1.54, 1.807) is 18.6 Å². The fourth-order valence-corrected chi connectivity index (χ4v) is 6.19. The summed E-state index contributed by atoms with van der Waals surface area (Å²) in [7, 11) is -3.95. The van der Waals surface area contributed by atoms with Crippen molar-refractivity contribution in [2.75, 3.05) is 30.3 Å². The van der Waals surface area contributed by atoms with Crippen molar-refractivity contribution in [3.63, 3.8) is 0 Å². The zero-order chi connectivity index (χ0) is 21.1. The standard InChI is InChI=1S/C18H21F3N6O2S/c19-18(20,21)5-8-30(28,29)25-11-17(12-25)4-1-2-7-26(17)16-24-10-13-9-23-15-14(27(13)16)3-6-22-15/h3,6,9-10,22H,1-2,4-5,7-8,11-12H2. The van der Waals surface area contributed by atoms with Gasteiger partial charge in [0, 0.05) is 25.8 Å². The maximum Gasteiger partial charge on any atom is 0.390 e. The highest BCUT2D eigenvalue weighted by Gasteiger charge is 2.53. The minimum absolute atomic E-state index is 0.184. The van der Waals surface area contributed by atoms with Gasteiger partial charge in [0.2, 0.25) is 16.0 Å². The van der Waals surface area contributed by atoms with E-state index in [1.165, 1.54) is 4.31 Å². The van der Waals surface area contributed by atoms with Gasteiger partial charge in [0.25, 0.3) is 0 Å². The highest BCUT2D eigenvalue weighted by molar-refractivity contribution is 7.89. The number of imidazole rings is 1. The summed E-state index contributed by atoms with van der Waals surface area (Å²) >= 11 is 0. The van der Waals surface area contributed by atoms with Gasteiger partial charge in [-0.3, -0.25) is 4.40 Å². The van der Waals surface area contributed by atoms with Crippen molar-refractivity contribution >= 4 is 32.7 Å². The van der Waals surface area contributed by atoms with Gasteiger partial charge in [0.15, 0.2) is 5.65 Å². The molecule has 0 radical (unpaired) electrons. The van der Waals surface area contributed by atoms with E-state index < -0.39 is 33.9 Å². The Morgan fingerprint density at radius 2 is 1.93 bits per heavy atom. The number of rotatable bonds is 4. The average Bonchev–Trinajstić information content (AvgIpc) is 3.30. The molecule has 2 fully saturated rings. The summed E-state index contributed by atoms with van der Waals surface area (Å²) in [5, 5.41) is 0. The van der Waals surface area contributed by atoms with E-state index in [-0.39, 0.29) is 13.1 Å². The van der Waals surface area contributed by atoms with E-state index >= 15 is 0 Å². The monoisotopic (exact) mass is 442 g/mol. The molecule has 30 heavy (non-hydrogen) atoms. The van der Waals surface area contributed by atoms with Crippen LogP contribution in [-0.2, 0) is 10.0 Å². The zero-order valence-corrected chi connectivity index (χ0v) is 16.9. The van der Waals surface area contributed by atoms with Gasteiger partial charge in [-0.1, -0.05) is 0 Å². The molecule has 0 unspecified atom stereocenters. The van der Waals surface area contributed by atoms with Crippen LogP contribution in [0.4, 0.5) is 19.1 Å². The zero-order valence-electron chi connectivity index (χ0n) is 16.1. The Labute approximate surface area is 170 Å². The number of H-pyrrole nitrogens is 1. The molecular weight excluding hydrogens is 421 g/mol. The quantitative estimate of drug-likeness (QED) is 0.671. The van der Waals surface area contributed by atoms with Crippen LogP contribution in [0.3, 0.4) is 0 Å². The number of halogens is 3. The Bertz CT molecular complexity index is 1200. The first-order valence-corrected chi connectivity index (χ1v) is 11.4. The topological polar surface area (TPSA) is 86.6 Å². The van der Waals surface area contributed by atoms with E-state index in [0.29, 0.717) is 12.5 Å². The average molecular weight is 442 g/mol. The Morgan fingerprint density at radius 1 is 1.17 bits per heavy atom. The summed E-state index contributed by atoms with van der Waals surface area (Å²) < 4.78 is 65.5. The van der Waals surface area contributed by atoms with Crippen LogP contribution in [0.25, 0.3) is 16.7 Å². The van der Waals surface area contributed by atoms with Crippen molar-refractivity contribution in [2.24, 2.45) is 0 Å². The molecule has 2 aliphatic rings. The maximum absolute atomic E-state index is 12.5. The van der Waals surface area contributed by atoms with Gasteiger partial charge >= 0.3 is 6.18 Å². The molecule has 5 rings (SSSR count). The molecule has 2 aliphatic heterocycles. The second-order valence-corrected chi connectivity index (χ2v) is 10.2. The number of alkyl halides is 3. The van der Waals surface area contributed by atoms with E-state index in [0.717, 1.165) is 35.9 Å². The highest BCUT2D eigenvalue weighted by Crippen LogP contribution is 2.41. The van der Waals surface area contributed by atoms with E-state index in [2.05, 4.69) is 19.9 Å². The Hall–Kier alpha value is -2.34. The van der Waals surface area contributed by atoms with Gasteiger partial charge in [0.05, 0.1) is 41.1 Å². The number of nitrogens with one attached hydrogen (secondary N) is 1. The summed E-state index contributed by atoms with van der Waals surface area (Å²) in [6.07, 6.45) is 2.09. The van der Waals surface area contributed by atoms with Gasteiger partial charge in [0.1, 0.15) is 0 Å². The lowest BCUT2D eigenvalue weighted by atomic mass is 9.81. The number of hydrogen-bond donors (Lipinski definition) is 1. The van der Waals surface area contributed by atoms with Crippen LogP contribution < -0.4 is 4.90 Å². The molecule has 1 N–H and O–H groups in total. The molecule has 0 aliphatic carbocycles. The smallest absolute Gasteiger partial charge is 0.345 e. The van der Waals surface area contributed by atoms with Gasteiger partial charge in [-0.15, -0.1) is 0 Å². The third kappa shape index (κ3) is 3.13. The minimum Gasteiger partial charge on any atom is -0.345 e. The van der Waals surface area contributed by atoms with Gasteiger partial charge < -0.3 is 9.88 Å². The normalized spacial score (nSPS) is 20.3. The number of aromatic amines is 1. The molecule has 3 aromatic heterocycles. The fourth-order valence-electron chi connectivity index (χ4n) is 4.57. The van der Waals surface area contributed by atoms with Gasteiger partial charge in [-0.25, -0.2) is 18.4 Å². The molecule has 2 saturated heterocycles. The molecule has 8 nitrogen and oxygen atoms in total. The summed E-state index contributed by atoms with van der Waals surface area (Å²) in [5.74, 6) is -0.196. The molecule has 1 spiro atoms. The number of nitrogens with zero attached hydrogens (tertiary/aromatic N) is 5. The lowest BCUT2D eigenvalue weighted by Gasteiger charge is -2.57. The second kappa shape index (κ2) is 6.58. The highest BCUT2D eigenvalue weighted by atomic mass is 32.2.